The van der Waals surface area contributed by atoms with Crippen LogP contribution in [0.15, 0.2) is 0 Å². The number of alkyl halides is 1. The molecule has 1 aliphatic rings. The van der Waals surface area contributed by atoms with Gasteiger partial charge in [-0.15, -0.1) is 0 Å². The van der Waals surface area contributed by atoms with Crippen LogP contribution in [-0.4, -0.2) is 35.0 Å². The summed E-state index contributed by atoms with van der Waals surface area (Å²) in [6.45, 7) is 9.66. The molecule has 0 radical (unpaired) electrons. The van der Waals surface area contributed by atoms with Crippen LogP contribution in [0.3, 0.4) is 0 Å². The summed E-state index contributed by atoms with van der Waals surface area (Å²) in [6, 6.07) is 0. The fourth-order valence-corrected chi connectivity index (χ4v) is 2.78. The van der Waals surface area contributed by atoms with E-state index in [4.69, 9.17) is 4.74 Å². The van der Waals surface area contributed by atoms with Crippen LogP contribution in [-0.2, 0) is 4.74 Å². The van der Waals surface area contributed by atoms with Crippen LogP contribution in [0.2, 0.25) is 0 Å². The van der Waals surface area contributed by atoms with Crippen molar-refractivity contribution in [1.29, 1.82) is 0 Å². The molecule has 1 heterocycles. The Morgan fingerprint density at radius 1 is 1.44 bits per heavy atom. The van der Waals surface area contributed by atoms with Gasteiger partial charge in [-0.2, -0.15) is 0 Å². The average Bonchev–Trinajstić information content (AvgIpc) is 2.25. The predicted molar refractivity (Wildman–Crippen MR) is 78.1 cm³/mol. The van der Waals surface area contributed by atoms with Gasteiger partial charge in [0.15, 0.2) is 0 Å². The van der Waals surface area contributed by atoms with Crippen molar-refractivity contribution >= 4 is 22.0 Å². The molecule has 1 aliphatic heterocycles. The lowest BCUT2D eigenvalue weighted by molar-refractivity contribution is 0.0111. The van der Waals surface area contributed by atoms with Crippen molar-refractivity contribution in [3.8, 4) is 0 Å². The molecule has 3 nitrogen and oxygen atoms in total. The van der Waals surface area contributed by atoms with E-state index in [1.54, 1.807) is 0 Å². The molecule has 1 amide bonds. The zero-order chi connectivity index (χ0) is 13.8. The molecular formula is C14H26BrNO2. The van der Waals surface area contributed by atoms with Gasteiger partial charge in [0.1, 0.15) is 5.60 Å². The summed E-state index contributed by atoms with van der Waals surface area (Å²) in [4.78, 5) is 13.8. The highest BCUT2D eigenvalue weighted by atomic mass is 79.9. The predicted octanol–water partition coefficient (Wildman–Crippen LogP) is 4.05. The Bertz CT molecular complexity index is 275. The van der Waals surface area contributed by atoms with Crippen LogP contribution < -0.4 is 0 Å². The molecule has 0 saturated carbocycles. The van der Waals surface area contributed by atoms with Crippen LogP contribution in [0.25, 0.3) is 0 Å². The maximum Gasteiger partial charge on any atom is 0.410 e. The van der Waals surface area contributed by atoms with E-state index >= 15 is 0 Å². The molecule has 0 aromatic carbocycles. The summed E-state index contributed by atoms with van der Waals surface area (Å²) >= 11 is 3.48. The normalized spacial score (nSPS) is 25.1. The van der Waals surface area contributed by atoms with E-state index in [1.165, 1.54) is 12.8 Å². The second kappa shape index (κ2) is 6.78. The van der Waals surface area contributed by atoms with Gasteiger partial charge in [-0.25, -0.2) is 4.79 Å². The van der Waals surface area contributed by atoms with Gasteiger partial charge in [0, 0.05) is 18.4 Å². The minimum atomic E-state index is -0.396. The van der Waals surface area contributed by atoms with Crippen molar-refractivity contribution in [2.75, 3.05) is 18.4 Å². The van der Waals surface area contributed by atoms with Gasteiger partial charge in [0.25, 0.3) is 0 Å². The van der Waals surface area contributed by atoms with Gasteiger partial charge < -0.3 is 9.64 Å². The standard InChI is InChI=1S/C14H26BrNO2/c1-11-10-16(13(17)18-14(2,3)4)9-7-12(11)6-5-8-15/h11-12H,5-10H2,1-4H3. The monoisotopic (exact) mass is 319 g/mol. The number of likely N-dealkylation sites (tertiary alicyclic amines) is 1. The molecule has 18 heavy (non-hydrogen) atoms. The molecule has 0 N–H and O–H groups in total. The number of carbonyl (C=O) groups is 1. The lowest BCUT2D eigenvalue weighted by atomic mass is 9.84. The Hall–Kier alpha value is -0.250. The number of amides is 1. The highest BCUT2D eigenvalue weighted by molar-refractivity contribution is 9.09. The van der Waals surface area contributed by atoms with E-state index in [0.29, 0.717) is 5.92 Å². The molecule has 2 atom stereocenters. The van der Waals surface area contributed by atoms with E-state index in [2.05, 4.69) is 22.9 Å². The average molecular weight is 320 g/mol. The van der Waals surface area contributed by atoms with Crippen molar-refractivity contribution in [2.45, 2.75) is 52.6 Å². The van der Waals surface area contributed by atoms with Gasteiger partial charge >= 0.3 is 6.09 Å². The van der Waals surface area contributed by atoms with E-state index in [-0.39, 0.29) is 6.09 Å². The SMILES string of the molecule is CC1CN(C(=O)OC(C)(C)C)CCC1CCCBr. The van der Waals surface area contributed by atoms with Crippen LogP contribution in [0, 0.1) is 11.8 Å². The molecule has 2 unspecified atom stereocenters. The molecule has 1 fully saturated rings. The highest BCUT2D eigenvalue weighted by Crippen LogP contribution is 2.28. The summed E-state index contributed by atoms with van der Waals surface area (Å²) < 4.78 is 5.42. The lowest BCUT2D eigenvalue weighted by Crippen LogP contribution is -2.45. The number of nitrogens with zero attached hydrogens (tertiary/aromatic N) is 1. The highest BCUT2D eigenvalue weighted by Gasteiger charge is 2.30. The molecule has 1 rings (SSSR count). The van der Waals surface area contributed by atoms with E-state index in [9.17, 15) is 4.79 Å². The largest absolute Gasteiger partial charge is 0.444 e. The smallest absolute Gasteiger partial charge is 0.410 e. The van der Waals surface area contributed by atoms with Crippen LogP contribution in [0.1, 0.15) is 47.0 Å². The Labute approximate surface area is 119 Å². The molecule has 0 bridgehead atoms. The number of ether oxygens (including phenoxy) is 1. The van der Waals surface area contributed by atoms with E-state index in [1.807, 2.05) is 25.7 Å². The third-order valence-corrected chi connectivity index (χ3v) is 4.00. The van der Waals surface area contributed by atoms with Gasteiger partial charge in [0.05, 0.1) is 0 Å². The Morgan fingerprint density at radius 3 is 2.61 bits per heavy atom. The summed E-state index contributed by atoms with van der Waals surface area (Å²) in [5.41, 5.74) is -0.396. The number of hydrogen-bond donors (Lipinski definition) is 0. The first kappa shape index (κ1) is 15.8. The third kappa shape index (κ3) is 5.17. The van der Waals surface area contributed by atoms with Crippen LogP contribution in [0.4, 0.5) is 4.79 Å². The van der Waals surface area contributed by atoms with E-state index < -0.39 is 5.60 Å². The zero-order valence-corrected chi connectivity index (χ0v) is 13.6. The van der Waals surface area contributed by atoms with Gasteiger partial charge in [-0.3, -0.25) is 0 Å². The van der Waals surface area contributed by atoms with Crippen LogP contribution >= 0.6 is 15.9 Å². The minimum Gasteiger partial charge on any atom is -0.444 e. The minimum absolute atomic E-state index is 0.159. The van der Waals surface area contributed by atoms with E-state index in [0.717, 1.165) is 30.8 Å². The number of rotatable bonds is 3. The molecule has 0 aliphatic carbocycles. The molecule has 0 spiro atoms. The molecule has 0 aromatic rings. The fraction of sp³-hybridized carbons (Fsp3) is 0.929. The topological polar surface area (TPSA) is 29.5 Å². The first-order chi connectivity index (χ1) is 8.33. The molecule has 4 heteroatoms. The summed E-state index contributed by atoms with van der Waals surface area (Å²) in [5, 5.41) is 1.08. The molecule has 106 valence electrons. The van der Waals surface area contributed by atoms with Gasteiger partial charge in [0.2, 0.25) is 0 Å². The van der Waals surface area contributed by atoms with Crippen molar-refractivity contribution in [3.63, 3.8) is 0 Å². The van der Waals surface area contributed by atoms with Crippen molar-refractivity contribution < 1.29 is 9.53 Å². The maximum atomic E-state index is 12.0. The first-order valence-electron chi connectivity index (χ1n) is 6.87. The second-order valence-electron chi connectivity index (χ2n) is 6.28. The lowest BCUT2D eigenvalue weighted by Gasteiger charge is -2.37. The molecular weight excluding hydrogens is 294 g/mol. The number of halogens is 1. The van der Waals surface area contributed by atoms with Crippen LogP contribution in [0.5, 0.6) is 0 Å². The first-order valence-corrected chi connectivity index (χ1v) is 7.99. The molecule has 1 saturated heterocycles. The maximum absolute atomic E-state index is 12.0. The second-order valence-corrected chi connectivity index (χ2v) is 7.08. The van der Waals surface area contributed by atoms with Gasteiger partial charge in [-0.1, -0.05) is 22.9 Å². The summed E-state index contributed by atoms with van der Waals surface area (Å²) in [6.07, 6.45) is 3.43. The quantitative estimate of drug-likeness (QED) is 0.734. The van der Waals surface area contributed by atoms with Crippen molar-refractivity contribution in [1.82, 2.24) is 4.90 Å². The number of piperidine rings is 1. The summed E-state index contributed by atoms with van der Waals surface area (Å²) in [5.74, 6) is 1.33. The van der Waals surface area contributed by atoms with Gasteiger partial charge in [-0.05, 0) is 51.9 Å². The Balaban J connectivity index is 2.43. The fourth-order valence-electron chi connectivity index (χ4n) is 2.45. The Kier molecular flexibility index (Phi) is 5.96. The van der Waals surface area contributed by atoms with Crippen molar-refractivity contribution in [2.24, 2.45) is 11.8 Å². The summed E-state index contributed by atoms with van der Waals surface area (Å²) in [7, 11) is 0. The molecule has 0 aromatic heterocycles. The number of carbonyl (C=O) groups excluding carboxylic acids is 1. The van der Waals surface area contributed by atoms with Crippen molar-refractivity contribution in [3.05, 3.63) is 0 Å². The third-order valence-electron chi connectivity index (χ3n) is 3.44. The Morgan fingerprint density at radius 2 is 2.11 bits per heavy atom. The number of hydrogen-bond acceptors (Lipinski definition) is 2. The zero-order valence-electron chi connectivity index (χ0n) is 12.0.